The minimum absolute atomic E-state index is 0.118. The van der Waals surface area contributed by atoms with Crippen LogP contribution in [0.5, 0.6) is 5.75 Å². The van der Waals surface area contributed by atoms with E-state index in [1.807, 2.05) is 13.0 Å². The Morgan fingerprint density at radius 2 is 2.00 bits per heavy atom. The first kappa shape index (κ1) is 12.2. The molecule has 1 aromatic rings. The summed E-state index contributed by atoms with van der Waals surface area (Å²) in [6.45, 7) is 1.81. The third kappa shape index (κ3) is 3.38. The van der Waals surface area contributed by atoms with Gasteiger partial charge >= 0.3 is 6.09 Å². The number of hydrogen-bond donors (Lipinski definition) is 1. The molecule has 0 saturated carbocycles. The molecule has 0 aliphatic rings. The van der Waals surface area contributed by atoms with Crippen molar-refractivity contribution >= 4 is 11.9 Å². The highest BCUT2D eigenvalue weighted by molar-refractivity contribution is 5.81. The summed E-state index contributed by atoms with van der Waals surface area (Å²) in [7, 11) is 1.49. The molecule has 1 rings (SSSR count). The number of carbonyl (C=O) groups is 2. The minimum atomic E-state index is -0.531. The van der Waals surface area contributed by atoms with Crippen LogP contribution in [0.25, 0.3) is 0 Å². The van der Waals surface area contributed by atoms with Crippen LogP contribution in [0.1, 0.15) is 18.9 Å². The van der Waals surface area contributed by atoms with Crippen LogP contribution >= 0.6 is 0 Å². The number of para-hydroxylation sites is 1. The fraction of sp³-hybridized carbons (Fsp3) is 0.333. The van der Waals surface area contributed by atoms with E-state index in [9.17, 15) is 9.59 Å². The Morgan fingerprint density at radius 3 is 2.62 bits per heavy atom. The molecule has 1 amide bonds. The van der Waals surface area contributed by atoms with E-state index in [0.29, 0.717) is 18.6 Å². The second-order valence-corrected chi connectivity index (χ2v) is 3.32. The molecule has 0 atom stereocenters. The number of ketones is 1. The summed E-state index contributed by atoms with van der Waals surface area (Å²) < 4.78 is 5.04. The Hall–Kier alpha value is -1.84. The molecule has 0 aliphatic heterocycles. The monoisotopic (exact) mass is 221 g/mol. The van der Waals surface area contributed by atoms with Gasteiger partial charge in [-0.3, -0.25) is 4.79 Å². The average Bonchev–Trinajstić information content (AvgIpc) is 2.31. The van der Waals surface area contributed by atoms with Crippen LogP contribution in [-0.4, -0.2) is 18.9 Å². The van der Waals surface area contributed by atoms with E-state index in [0.717, 1.165) is 5.56 Å². The second kappa shape index (κ2) is 5.90. The van der Waals surface area contributed by atoms with E-state index in [2.05, 4.69) is 5.32 Å². The van der Waals surface area contributed by atoms with Gasteiger partial charge in [0.2, 0.25) is 0 Å². The predicted molar refractivity (Wildman–Crippen MR) is 60.5 cm³/mol. The second-order valence-electron chi connectivity index (χ2n) is 3.32. The lowest BCUT2D eigenvalue weighted by Gasteiger charge is -2.08. The van der Waals surface area contributed by atoms with E-state index >= 15 is 0 Å². The zero-order valence-corrected chi connectivity index (χ0v) is 9.45. The largest absolute Gasteiger partial charge is 0.412 e. The lowest BCUT2D eigenvalue weighted by molar-refractivity contribution is -0.118. The topological polar surface area (TPSA) is 55.4 Å². The molecule has 0 fully saturated rings. The number of amides is 1. The Morgan fingerprint density at radius 1 is 1.31 bits per heavy atom. The summed E-state index contributed by atoms with van der Waals surface area (Å²) in [6, 6.07) is 7.03. The Balaban J connectivity index is 2.83. The number of Topliss-reactive ketones (excluding diaryl/α,β-unsaturated/α-hetero) is 1. The van der Waals surface area contributed by atoms with Crippen molar-refractivity contribution in [3.8, 4) is 5.75 Å². The van der Waals surface area contributed by atoms with E-state index in [1.54, 1.807) is 18.2 Å². The number of nitrogens with one attached hydrogen (secondary N) is 1. The van der Waals surface area contributed by atoms with Gasteiger partial charge in [0.15, 0.2) is 0 Å². The lowest BCUT2D eigenvalue weighted by Crippen LogP contribution is -2.22. The molecule has 16 heavy (non-hydrogen) atoms. The number of hydrogen-bond acceptors (Lipinski definition) is 3. The molecule has 0 heterocycles. The first-order chi connectivity index (χ1) is 7.67. The van der Waals surface area contributed by atoms with E-state index in [1.165, 1.54) is 7.05 Å². The zero-order valence-electron chi connectivity index (χ0n) is 9.45. The quantitative estimate of drug-likeness (QED) is 0.845. The Bertz CT molecular complexity index is 351. The molecule has 86 valence electrons. The van der Waals surface area contributed by atoms with Crippen LogP contribution in [0.15, 0.2) is 24.3 Å². The van der Waals surface area contributed by atoms with Crippen molar-refractivity contribution in [3.05, 3.63) is 29.8 Å². The smallest absolute Gasteiger partial charge is 0.410 e. The highest BCUT2D eigenvalue weighted by Crippen LogP contribution is 2.19. The van der Waals surface area contributed by atoms with Crippen molar-refractivity contribution in [2.45, 2.75) is 19.8 Å². The first-order valence-electron chi connectivity index (χ1n) is 5.16. The summed E-state index contributed by atoms with van der Waals surface area (Å²) in [5.74, 6) is 0.552. The summed E-state index contributed by atoms with van der Waals surface area (Å²) in [6.07, 6.45) is 0.245. The average molecular weight is 221 g/mol. The number of benzene rings is 1. The van der Waals surface area contributed by atoms with Gasteiger partial charge in [0.1, 0.15) is 11.5 Å². The summed E-state index contributed by atoms with van der Waals surface area (Å²) >= 11 is 0. The third-order valence-electron chi connectivity index (χ3n) is 2.16. The van der Waals surface area contributed by atoms with Crippen LogP contribution in [0.4, 0.5) is 4.79 Å². The Kier molecular flexibility index (Phi) is 4.51. The molecule has 4 nitrogen and oxygen atoms in total. The number of ether oxygens (including phenoxy) is 1. The molecular formula is C12H15NO3. The maximum Gasteiger partial charge on any atom is 0.412 e. The van der Waals surface area contributed by atoms with Gasteiger partial charge in [-0.15, -0.1) is 0 Å². The van der Waals surface area contributed by atoms with Crippen LogP contribution in [0, 0.1) is 0 Å². The van der Waals surface area contributed by atoms with Gasteiger partial charge in [0, 0.05) is 25.5 Å². The van der Waals surface area contributed by atoms with Gasteiger partial charge in [-0.25, -0.2) is 4.79 Å². The molecule has 0 saturated heterocycles. The molecule has 1 aromatic carbocycles. The van der Waals surface area contributed by atoms with Gasteiger partial charge in [-0.05, 0) is 6.07 Å². The SMILES string of the molecule is CCC(=O)Cc1ccccc1OC(=O)NC. The van der Waals surface area contributed by atoms with Gasteiger partial charge in [-0.1, -0.05) is 25.1 Å². The van der Waals surface area contributed by atoms with E-state index in [-0.39, 0.29) is 5.78 Å². The van der Waals surface area contributed by atoms with Crippen molar-refractivity contribution in [1.82, 2.24) is 5.32 Å². The minimum Gasteiger partial charge on any atom is -0.410 e. The summed E-state index contributed by atoms with van der Waals surface area (Å²) in [5, 5.41) is 2.36. The van der Waals surface area contributed by atoms with Gasteiger partial charge in [-0.2, -0.15) is 0 Å². The van der Waals surface area contributed by atoms with Crippen LogP contribution in [0.3, 0.4) is 0 Å². The normalized spacial score (nSPS) is 9.62. The van der Waals surface area contributed by atoms with Gasteiger partial charge < -0.3 is 10.1 Å². The van der Waals surface area contributed by atoms with E-state index in [4.69, 9.17) is 4.74 Å². The summed E-state index contributed by atoms with van der Waals surface area (Å²) in [4.78, 5) is 22.4. The maximum absolute atomic E-state index is 11.3. The van der Waals surface area contributed by atoms with Crippen molar-refractivity contribution in [2.24, 2.45) is 0 Å². The maximum atomic E-state index is 11.3. The molecule has 1 N–H and O–H groups in total. The molecular weight excluding hydrogens is 206 g/mol. The van der Waals surface area contributed by atoms with Crippen molar-refractivity contribution in [1.29, 1.82) is 0 Å². The molecule has 0 aliphatic carbocycles. The number of carbonyl (C=O) groups excluding carboxylic acids is 2. The molecule has 0 spiro atoms. The fourth-order valence-electron chi connectivity index (χ4n) is 1.24. The lowest BCUT2D eigenvalue weighted by atomic mass is 10.1. The fourth-order valence-corrected chi connectivity index (χ4v) is 1.24. The van der Waals surface area contributed by atoms with Crippen molar-refractivity contribution in [3.63, 3.8) is 0 Å². The first-order valence-corrected chi connectivity index (χ1v) is 5.16. The number of rotatable bonds is 4. The highest BCUT2D eigenvalue weighted by Gasteiger charge is 2.09. The molecule has 0 radical (unpaired) electrons. The molecule has 4 heteroatoms. The van der Waals surface area contributed by atoms with Crippen molar-refractivity contribution < 1.29 is 14.3 Å². The highest BCUT2D eigenvalue weighted by atomic mass is 16.6. The van der Waals surface area contributed by atoms with Crippen molar-refractivity contribution in [2.75, 3.05) is 7.05 Å². The summed E-state index contributed by atoms with van der Waals surface area (Å²) in [5.41, 5.74) is 0.734. The van der Waals surface area contributed by atoms with E-state index < -0.39 is 6.09 Å². The standard InChI is InChI=1S/C12H15NO3/c1-3-10(14)8-9-6-4-5-7-11(9)16-12(15)13-2/h4-7H,3,8H2,1-2H3,(H,13,15). The zero-order chi connectivity index (χ0) is 12.0. The van der Waals surface area contributed by atoms with Crippen LogP contribution < -0.4 is 10.1 Å². The predicted octanol–water partition coefficient (Wildman–Crippen LogP) is 1.93. The molecule has 0 unspecified atom stereocenters. The van der Waals surface area contributed by atoms with Gasteiger partial charge in [0.05, 0.1) is 0 Å². The van der Waals surface area contributed by atoms with Crippen LogP contribution in [-0.2, 0) is 11.2 Å². The molecule has 0 bridgehead atoms. The molecule has 0 aromatic heterocycles. The third-order valence-corrected chi connectivity index (χ3v) is 2.16. The van der Waals surface area contributed by atoms with Crippen LogP contribution in [0.2, 0.25) is 0 Å². The van der Waals surface area contributed by atoms with Gasteiger partial charge in [0.25, 0.3) is 0 Å². The Labute approximate surface area is 94.6 Å².